The van der Waals surface area contributed by atoms with E-state index in [0.29, 0.717) is 18.5 Å². The minimum Gasteiger partial charge on any atom is -0.368 e. The van der Waals surface area contributed by atoms with Crippen LogP contribution in [0.4, 0.5) is 0 Å². The van der Waals surface area contributed by atoms with Gasteiger partial charge in [0.1, 0.15) is 5.54 Å². The van der Waals surface area contributed by atoms with Crippen molar-refractivity contribution < 1.29 is 4.79 Å². The molecule has 0 spiro atoms. The molecular weight excluding hydrogens is 252 g/mol. The van der Waals surface area contributed by atoms with Gasteiger partial charge in [-0.2, -0.15) is 0 Å². The average Bonchev–Trinajstić information content (AvgIpc) is 3.17. The summed E-state index contributed by atoms with van der Waals surface area (Å²) in [6.07, 6.45) is 2.21. The lowest BCUT2D eigenvalue weighted by Crippen LogP contribution is -2.64. The Balaban J connectivity index is 2.83. The Morgan fingerprint density at radius 3 is 2.35 bits per heavy atom. The standard InChI is InChI=1S/C15H32N4O/c1-6-17-15(14(16)20,13-8-9-13)11-19(7-2)12(3)10-18(4)5/h12-13,17H,6-11H2,1-5H3,(H2,16,20). The summed E-state index contributed by atoms with van der Waals surface area (Å²) >= 11 is 0. The third-order valence-electron chi connectivity index (χ3n) is 4.32. The molecule has 20 heavy (non-hydrogen) atoms. The number of nitrogens with two attached hydrogens (primary N) is 1. The second kappa shape index (κ2) is 7.38. The predicted molar refractivity (Wildman–Crippen MR) is 83.6 cm³/mol. The van der Waals surface area contributed by atoms with Crippen molar-refractivity contribution in [2.24, 2.45) is 11.7 Å². The van der Waals surface area contributed by atoms with Crippen LogP contribution in [0.15, 0.2) is 0 Å². The highest BCUT2D eigenvalue weighted by Crippen LogP contribution is 2.40. The monoisotopic (exact) mass is 284 g/mol. The summed E-state index contributed by atoms with van der Waals surface area (Å²) in [6.45, 7) is 9.82. The van der Waals surface area contributed by atoms with E-state index in [0.717, 1.165) is 32.5 Å². The highest BCUT2D eigenvalue weighted by Gasteiger charge is 2.50. The zero-order chi connectivity index (χ0) is 15.3. The molecule has 1 aliphatic carbocycles. The number of likely N-dealkylation sites (N-methyl/N-ethyl adjacent to an activating group) is 3. The molecule has 118 valence electrons. The fourth-order valence-electron chi connectivity index (χ4n) is 3.13. The van der Waals surface area contributed by atoms with Gasteiger partial charge in [-0.15, -0.1) is 0 Å². The van der Waals surface area contributed by atoms with Gasteiger partial charge in [-0.3, -0.25) is 9.69 Å². The molecule has 0 heterocycles. The Morgan fingerprint density at radius 1 is 1.40 bits per heavy atom. The van der Waals surface area contributed by atoms with Crippen LogP contribution in [0.25, 0.3) is 0 Å². The van der Waals surface area contributed by atoms with E-state index in [1.54, 1.807) is 0 Å². The van der Waals surface area contributed by atoms with Gasteiger partial charge in [0.25, 0.3) is 0 Å². The van der Waals surface area contributed by atoms with Crippen LogP contribution in [0.5, 0.6) is 0 Å². The molecule has 0 aromatic carbocycles. The van der Waals surface area contributed by atoms with Gasteiger partial charge in [-0.25, -0.2) is 0 Å². The highest BCUT2D eigenvalue weighted by molar-refractivity contribution is 5.86. The maximum Gasteiger partial charge on any atom is 0.239 e. The lowest BCUT2D eigenvalue weighted by molar-refractivity contribution is -0.126. The first-order valence-corrected chi connectivity index (χ1v) is 7.81. The van der Waals surface area contributed by atoms with Crippen molar-refractivity contribution in [2.45, 2.75) is 45.2 Å². The molecule has 1 saturated carbocycles. The second-order valence-electron chi connectivity index (χ2n) is 6.31. The first-order chi connectivity index (χ1) is 9.37. The molecule has 0 radical (unpaired) electrons. The summed E-state index contributed by atoms with van der Waals surface area (Å²) in [5.74, 6) is 0.206. The van der Waals surface area contributed by atoms with Crippen LogP contribution in [-0.2, 0) is 4.79 Å². The summed E-state index contributed by atoms with van der Waals surface area (Å²) < 4.78 is 0. The minimum atomic E-state index is -0.550. The number of hydrogen-bond donors (Lipinski definition) is 2. The molecule has 0 bridgehead atoms. The van der Waals surface area contributed by atoms with E-state index in [4.69, 9.17) is 5.73 Å². The van der Waals surface area contributed by atoms with Crippen LogP contribution in [0.3, 0.4) is 0 Å². The molecule has 2 atom stereocenters. The largest absolute Gasteiger partial charge is 0.368 e. The Hall–Kier alpha value is -0.650. The van der Waals surface area contributed by atoms with Gasteiger partial charge >= 0.3 is 0 Å². The molecule has 1 aliphatic rings. The molecule has 0 aliphatic heterocycles. The number of primary amides is 1. The van der Waals surface area contributed by atoms with E-state index >= 15 is 0 Å². The summed E-state index contributed by atoms with van der Waals surface area (Å²) in [6, 6.07) is 0.408. The fraction of sp³-hybridized carbons (Fsp3) is 0.933. The zero-order valence-electron chi connectivity index (χ0n) is 13.8. The van der Waals surface area contributed by atoms with Crippen LogP contribution in [-0.4, -0.2) is 67.6 Å². The number of rotatable bonds is 10. The van der Waals surface area contributed by atoms with Crippen molar-refractivity contribution in [3.8, 4) is 0 Å². The average molecular weight is 284 g/mol. The van der Waals surface area contributed by atoms with Crippen molar-refractivity contribution >= 4 is 5.91 Å². The van der Waals surface area contributed by atoms with Crippen molar-refractivity contribution in [1.29, 1.82) is 0 Å². The number of nitrogens with zero attached hydrogens (tertiary/aromatic N) is 2. The number of amides is 1. The predicted octanol–water partition coefficient (Wildman–Crippen LogP) is 0.502. The Bertz CT molecular complexity index is 317. The highest BCUT2D eigenvalue weighted by atomic mass is 16.1. The lowest BCUT2D eigenvalue weighted by Gasteiger charge is -2.40. The summed E-state index contributed by atoms with van der Waals surface area (Å²) in [4.78, 5) is 16.7. The van der Waals surface area contributed by atoms with Crippen LogP contribution < -0.4 is 11.1 Å². The number of nitrogens with one attached hydrogen (secondary N) is 1. The third-order valence-corrected chi connectivity index (χ3v) is 4.32. The Labute approximate surface area is 123 Å². The molecule has 5 nitrogen and oxygen atoms in total. The Kier molecular flexibility index (Phi) is 6.43. The van der Waals surface area contributed by atoms with Crippen LogP contribution >= 0.6 is 0 Å². The van der Waals surface area contributed by atoms with Gasteiger partial charge < -0.3 is 16.0 Å². The molecule has 1 rings (SSSR count). The Morgan fingerprint density at radius 2 is 2.00 bits per heavy atom. The van der Waals surface area contributed by atoms with Crippen LogP contribution in [0.1, 0.15) is 33.6 Å². The molecule has 0 aromatic rings. The van der Waals surface area contributed by atoms with Gasteiger partial charge in [0.2, 0.25) is 5.91 Å². The smallest absolute Gasteiger partial charge is 0.239 e. The van der Waals surface area contributed by atoms with Gasteiger partial charge in [0.15, 0.2) is 0 Å². The number of carbonyl (C=O) groups is 1. The molecule has 1 fully saturated rings. The molecule has 3 N–H and O–H groups in total. The van der Waals surface area contributed by atoms with Crippen molar-refractivity contribution in [3.63, 3.8) is 0 Å². The first kappa shape index (κ1) is 17.4. The van der Waals surface area contributed by atoms with E-state index in [1.807, 2.05) is 6.92 Å². The second-order valence-corrected chi connectivity index (χ2v) is 6.31. The molecule has 5 heteroatoms. The maximum absolute atomic E-state index is 12.1. The quantitative estimate of drug-likeness (QED) is 0.613. The van der Waals surface area contributed by atoms with E-state index < -0.39 is 5.54 Å². The van der Waals surface area contributed by atoms with Gasteiger partial charge in [0, 0.05) is 19.1 Å². The van der Waals surface area contributed by atoms with Crippen molar-refractivity contribution in [1.82, 2.24) is 15.1 Å². The van der Waals surface area contributed by atoms with E-state index in [-0.39, 0.29) is 5.91 Å². The summed E-state index contributed by atoms with van der Waals surface area (Å²) in [5, 5.41) is 3.40. The third kappa shape index (κ3) is 4.17. The molecule has 0 aromatic heterocycles. The van der Waals surface area contributed by atoms with E-state index in [9.17, 15) is 4.79 Å². The topological polar surface area (TPSA) is 61.6 Å². The number of hydrogen-bond acceptors (Lipinski definition) is 4. The van der Waals surface area contributed by atoms with Gasteiger partial charge in [-0.05, 0) is 52.9 Å². The summed E-state index contributed by atoms with van der Waals surface area (Å²) in [7, 11) is 4.16. The fourth-order valence-corrected chi connectivity index (χ4v) is 3.13. The maximum atomic E-state index is 12.1. The van der Waals surface area contributed by atoms with Crippen LogP contribution in [0, 0.1) is 5.92 Å². The molecule has 0 saturated heterocycles. The van der Waals surface area contributed by atoms with Gasteiger partial charge in [-0.1, -0.05) is 13.8 Å². The number of carbonyl (C=O) groups excluding carboxylic acids is 1. The lowest BCUT2D eigenvalue weighted by atomic mass is 9.90. The van der Waals surface area contributed by atoms with Crippen LogP contribution in [0.2, 0.25) is 0 Å². The van der Waals surface area contributed by atoms with Gasteiger partial charge in [0.05, 0.1) is 0 Å². The van der Waals surface area contributed by atoms with Crippen molar-refractivity contribution in [2.75, 3.05) is 40.3 Å². The SMILES string of the molecule is CCNC(CN(CC)C(C)CN(C)C)(C(N)=O)C1CC1. The molecule has 2 unspecified atom stereocenters. The van der Waals surface area contributed by atoms with E-state index in [1.165, 1.54) is 0 Å². The zero-order valence-corrected chi connectivity index (χ0v) is 13.8. The first-order valence-electron chi connectivity index (χ1n) is 7.81. The minimum absolute atomic E-state index is 0.197. The van der Waals surface area contributed by atoms with Crippen molar-refractivity contribution in [3.05, 3.63) is 0 Å². The molecule has 1 amide bonds. The molecular formula is C15H32N4O. The van der Waals surface area contributed by atoms with E-state index in [2.05, 4.69) is 43.1 Å². The summed E-state index contributed by atoms with van der Waals surface area (Å²) in [5.41, 5.74) is 5.21. The normalized spacial score (nSPS) is 20.1.